The molecule has 67 heavy (non-hydrogen) atoms. The summed E-state index contributed by atoms with van der Waals surface area (Å²) in [6, 6.07) is 67.1. The van der Waals surface area contributed by atoms with Crippen molar-refractivity contribution in [2.45, 2.75) is 34.6 Å². The lowest BCUT2D eigenvalue weighted by Gasteiger charge is -2.17. The maximum absolute atomic E-state index is 6.43. The Kier molecular flexibility index (Phi) is 9.54. The van der Waals surface area contributed by atoms with Gasteiger partial charge in [0.05, 0.1) is 16.7 Å². The normalized spacial score (nSPS) is 11.7. The lowest BCUT2D eigenvalue weighted by atomic mass is 9.93. The Morgan fingerprint density at radius 3 is 1.57 bits per heavy atom. The number of nitrogens with zero attached hydrogens (tertiary/aromatic N) is 4. The summed E-state index contributed by atoms with van der Waals surface area (Å²) in [5.74, 6) is 1.80. The molecule has 3 heterocycles. The van der Waals surface area contributed by atoms with E-state index in [-0.39, 0.29) is 0 Å². The fraction of sp³-hybridized carbons (Fsp3) is 0.0806. The molecule has 0 aliphatic heterocycles. The van der Waals surface area contributed by atoms with E-state index < -0.39 is 0 Å². The Morgan fingerprint density at radius 1 is 0.343 bits per heavy atom. The van der Waals surface area contributed by atoms with Crippen molar-refractivity contribution in [1.29, 1.82) is 0 Å². The van der Waals surface area contributed by atoms with Gasteiger partial charge in [-0.1, -0.05) is 157 Å². The van der Waals surface area contributed by atoms with Crippen LogP contribution in [0.3, 0.4) is 0 Å². The van der Waals surface area contributed by atoms with Crippen LogP contribution in [0.4, 0.5) is 0 Å². The van der Waals surface area contributed by atoms with Gasteiger partial charge in [-0.05, 0) is 127 Å². The van der Waals surface area contributed by atoms with Gasteiger partial charge in [0.1, 0.15) is 11.2 Å². The second kappa shape index (κ2) is 15.9. The molecule has 5 heteroatoms. The highest BCUT2D eigenvalue weighted by molar-refractivity contribution is 6.12. The number of furan rings is 1. The van der Waals surface area contributed by atoms with Gasteiger partial charge < -0.3 is 8.98 Å². The number of rotatable bonds is 7. The van der Waals surface area contributed by atoms with Crippen LogP contribution in [0, 0.1) is 34.6 Å². The summed E-state index contributed by atoms with van der Waals surface area (Å²) >= 11 is 0. The quantitative estimate of drug-likeness (QED) is 0.160. The minimum Gasteiger partial charge on any atom is -0.456 e. The van der Waals surface area contributed by atoms with Gasteiger partial charge in [0.2, 0.25) is 0 Å². The summed E-state index contributed by atoms with van der Waals surface area (Å²) in [5, 5.41) is 4.54. The maximum Gasteiger partial charge on any atom is 0.166 e. The van der Waals surface area contributed by atoms with Crippen molar-refractivity contribution in [2.75, 3.05) is 0 Å². The molecule has 0 unspecified atom stereocenters. The zero-order valence-electron chi connectivity index (χ0n) is 38.1. The van der Waals surface area contributed by atoms with Crippen LogP contribution >= 0.6 is 0 Å². The van der Waals surface area contributed by atoms with Crippen LogP contribution in [-0.2, 0) is 0 Å². The maximum atomic E-state index is 6.43. The van der Waals surface area contributed by atoms with Gasteiger partial charge in [-0.15, -0.1) is 0 Å². The first-order valence-electron chi connectivity index (χ1n) is 22.9. The number of fused-ring (bicyclic) bond motifs is 6. The highest BCUT2D eigenvalue weighted by Gasteiger charge is 2.23. The van der Waals surface area contributed by atoms with Crippen LogP contribution in [0.25, 0.3) is 117 Å². The van der Waals surface area contributed by atoms with Gasteiger partial charge in [0.15, 0.2) is 17.5 Å². The third-order valence-electron chi connectivity index (χ3n) is 13.3. The Labute approximate surface area is 389 Å². The summed E-state index contributed by atoms with van der Waals surface area (Å²) in [7, 11) is 0. The molecule has 9 aromatic carbocycles. The summed E-state index contributed by atoms with van der Waals surface area (Å²) in [6.45, 7) is 11.0. The van der Waals surface area contributed by atoms with E-state index in [1.165, 1.54) is 55.3 Å². The molecule has 0 spiro atoms. The third-order valence-corrected chi connectivity index (χ3v) is 13.3. The Hall–Kier alpha value is -8.41. The number of aryl methyl sites for hydroxylation is 5. The first kappa shape index (κ1) is 40.1. The summed E-state index contributed by atoms with van der Waals surface area (Å²) < 4.78 is 8.87. The van der Waals surface area contributed by atoms with E-state index in [0.717, 1.165) is 72.0 Å². The second-order valence-electron chi connectivity index (χ2n) is 18.0. The van der Waals surface area contributed by atoms with Crippen LogP contribution in [0.5, 0.6) is 0 Å². The lowest BCUT2D eigenvalue weighted by molar-refractivity contribution is 0.669. The summed E-state index contributed by atoms with van der Waals surface area (Å²) in [4.78, 5) is 15.9. The molecule has 0 saturated heterocycles. The van der Waals surface area contributed by atoms with E-state index >= 15 is 0 Å². The van der Waals surface area contributed by atoms with Crippen molar-refractivity contribution in [1.82, 2.24) is 19.5 Å². The van der Waals surface area contributed by atoms with Gasteiger partial charge in [-0.3, -0.25) is 0 Å². The molecule has 5 nitrogen and oxygen atoms in total. The molecule has 0 fully saturated rings. The largest absolute Gasteiger partial charge is 0.456 e. The minimum atomic E-state index is 0.580. The Bertz CT molecular complexity index is 3840. The smallest absolute Gasteiger partial charge is 0.166 e. The van der Waals surface area contributed by atoms with Gasteiger partial charge >= 0.3 is 0 Å². The Balaban J connectivity index is 1.18. The molecule has 0 amide bonds. The highest BCUT2D eigenvalue weighted by Crippen LogP contribution is 2.43. The molecule has 0 bridgehead atoms. The van der Waals surface area contributed by atoms with Crippen LogP contribution in [0.1, 0.15) is 27.8 Å². The first-order chi connectivity index (χ1) is 32.7. The number of hydrogen-bond acceptors (Lipinski definition) is 4. The number of para-hydroxylation sites is 1. The zero-order valence-corrected chi connectivity index (χ0v) is 38.1. The fourth-order valence-corrected chi connectivity index (χ4v) is 10.3. The standard InChI is InChI=1S/C62H46N4O/c1-37-20-25-48(39(3)30-37)46-22-26-49-50-27-23-47(59-40(4)31-38(2)32-41(59)5)35-56(50)66(55(49)34-46)54-29-24-44(45-21-28-52-51-18-12-13-19-57(51)67-58(52)36-45)33-53(54)62-64-60(42-14-8-6-9-15-42)63-61(65-62)43-16-10-7-11-17-43/h6-36H,1-5H3. The fourth-order valence-electron chi connectivity index (χ4n) is 10.3. The molecule has 320 valence electrons. The second-order valence-corrected chi connectivity index (χ2v) is 18.0. The van der Waals surface area contributed by atoms with E-state index in [2.05, 4.69) is 179 Å². The molecule has 0 aliphatic carbocycles. The topological polar surface area (TPSA) is 56.7 Å². The molecule has 12 aromatic rings. The van der Waals surface area contributed by atoms with Crippen LogP contribution in [0.2, 0.25) is 0 Å². The molecule has 0 saturated carbocycles. The van der Waals surface area contributed by atoms with Gasteiger partial charge in [-0.25, -0.2) is 15.0 Å². The molecule has 0 N–H and O–H groups in total. The molecular formula is C62H46N4O. The third kappa shape index (κ3) is 6.99. The first-order valence-corrected chi connectivity index (χ1v) is 22.9. The van der Waals surface area contributed by atoms with E-state index in [1.54, 1.807) is 0 Å². The van der Waals surface area contributed by atoms with Crippen LogP contribution in [0.15, 0.2) is 192 Å². The van der Waals surface area contributed by atoms with Crippen molar-refractivity contribution in [3.8, 4) is 73.2 Å². The number of hydrogen-bond donors (Lipinski definition) is 0. The lowest BCUT2D eigenvalue weighted by Crippen LogP contribution is -2.04. The van der Waals surface area contributed by atoms with Crippen molar-refractivity contribution in [3.63, 3.8) is 0 Å². The van der Waals surface area contributed by atoms with E-state index in [0.29, 0.717) is 17.5 Å². The molecular weight excluding hydrogens is 817 g/mol. The number of aromatic nitrogens is 4. The van der Waals surface area contributed by atoms with Gasteiger partial charge in [-0.2, -0.15) is 0 Å². The van der Waals surface area contributed by atoms with Gasteiger partial charge in [0, 0.05) is 38.2 Å². The Morgan fingerprint density at radius 2 is 0.881 bits per heavy atom. The zero-order chi connectivity index (χ0) is 45.3. The molecule has 12 rings (SSSR count). The SMILES string of the molecule is Cc1ccc(-c2ccc3c4ccc(-c5c(C)cc(C)cc5C)cc4n(-c4ccc(-c5ccc6c(c5)oc5ccccc56)cc4-c4nc(-c5ccccc5)nc(-c5ccccc5)n4)c3c2)c(C)c1. The van der Waals surface area contributed by atoms with Gasteiger partial charge in [0.25, 0.3) is 0 Å². The highest BCUT2D eigenvalue weighted by atomic mass is 16.3. The molecule has 0 aliphatic rings. The van der Waals surface area contributed by atoms with Crippen molar-refractivity contribution < 1.29 is 4.42 Å². The molecule has 3 aromatic heterocycles. The van der Waals surface area contributed by atoms with Crippen LogP contribution < -0.4 is 0 Å². The van der Waals surface area contributed by atoms with E-state index in [4.69, 9.17) is 19.4 Å². The predicted octanol–water partition coefficient (Wildman–Crippen LogP) is 16.4. The number of benzene rings is 9. The van der Waals surface area contributed by atoms with Crippen molar-refractivity contribution in [2.24, 2.45) is 0 Å². The average molecular weight is 863 g/mol. The summed E-state index contributed by atoms with van der Waals surface area (Å²) in [5.41, 5.74) is 20.7. The van der Waals surface area contributed by atoms with Crippen LogP contribution in [-0.4, -0.2) is 19.5 Å². The van der Waals surface area contributed by atoms with Crippen molar-refractivity contribution in [3.05, 3.63) is 216 Å². The average Bonchev–Trinajstić information content (AvgIpc) is 3.88. The monoisotopic (exact) mass is 862 g/mol. The predicted molar refractivity (Wildman–Crippen MR) is 278 cm³/mol. The summed E-state index contributed by atoms with van der Waals surface area (Å²) in [6.07, 6.45) is 0. The minimum absolute atomic E-state index is 0.580. The van der Waals surface area contributed by atoms with E-state index in [9.17, 15) is 0 Å². The molecule has 0 radical (unpaired) electrons. The van der Waals surface area contributed by atoms with E-state index in [1.807, 2.05) is 48.5 Å². The van der Waals surface area contributed by atoms with Crippen molar-refractivity contribution >= 4 is 43.7 Å². The molecule has 0 atom stereocenters.